The van der Waals surface area contributed by atoms with Gasteiger partial charge in [0.1, 0.15) is 0 Å². The van der Waals surface area contributed by atoms with E-state index in [9.17, 15) is 14.4 Å². The van der Waals surface area contributed by atoms with Gasteiger partial charge in [-0.1, -0.05) is 13.8 Å². The highest BCUT2D eigenvalue weighted by atomic mass is 16.2. The van der Waals surface area contributed by atoms with E-state index in [0.717, 1.165) is 64.5 Å². The summed E-state index contributed by atoms with van der Waals surface area (Å²) in [5, 5.41) is 0. The zero-order valence-electron chi connectivity index (χ0n) is 16.3. The number of likely N-dealkylation sites (tertiary alicyclic amines) is 2. The lowest BCUT2D eigenvalue weighted by Crippen LogP contribution is -2.67. The molecule has 2 amide bonds. The molecular formula is C21H32N2O3. The lowest BCUT2D eigenvalue weighted by molar-refractivity contribution is -0.159. The number of ketones is 1. The van der Waals surface area contributed by atoms with Crippen LogP contribution in [0.5, 0.6) is 0 Å². The average Bonchev–Trinajstić information content (AvgIpc) is 3.31. The zero-order chi connectivity index (χ0) is 18.5. The molecule has 4 aliphatic rings. The summed E-state index contributed by atoms with van der Waals surface area (Å²) in [6.45, 7) is 5.91. The highest BCUT2D eigenvalue weighted by molar-refractivity contribution is 5.96. The maximum Gasteiger partial charge on any atom is 0.223 e. The molecule has 4 fully saturated rings. The van der Waals surface area contributed by atoms with Crippen molar-refractivity contribution in [1.29, 1.82) is 0 Å². The Morgan fingerprint density at radius 2 is 1.69 bits per heavy atom. The van der Waals surface area contributed by atoms with Crippen molar-refractivity contribution < 1.29 is 14.4 Å². The second kappa shape index (κ2) is 6.35. The number of Topliss-reactive ketones (excluding diaryl/α,β-unsaturated/α-hetero) is 1. The first kappa shape index (κ1) is 18.0. The van der Waals surface area contributed by atoms with E-state index >= 15 is 0 Å². The summed E-state index contributed by atoms with van der Waals surface area (Å²) in [4.78, 5) is 43.0. The van der Waals surface area contributed by atoms with E-state index in [-0.39, 0.29) is 29.2 Å². The van der Waals surface area contributed by atoms with Crippen LogP contribution in [0.3, 0.4) is 0 Å². The SMILES string of the molecule is CCC1(N2CCCC2=O)C(C)CCC12CCCC(N1CCCC1=O)C2=O. The number of nitrogens with zero attached hydrogens (tertiary/aromatic N) is 2. The molecule has 2 aliphatic heterocycles. The van der Waals surface area contributed by atoms with Gasteiger partial charge in [-0.2, -0.15) is 0 Å². The Bertz CT molecular complexity index is 629. The summed E-state index contributed by atoms with van der Waals surface area (Å²) < 4.78 is 0. The molecule has 1 spiro atoms. The molecule has 2 saturated heterocycles. The zero-order valence-corrected chi connectivity index (χ0v) is 16.3. The van der Waals surface area contributed by atoms with E-state index in [1.54, 1.807) is 0 Å². The first-order chi connectivity index (χ1) is 12.5. The van der Waals surface area contributed by atoms with Crippen molar-refractivity contribution in [2.45, 2.75) is 89.6 Å². The Morgan fingerprint density at radius 1 is 0.962 bits per heavy atom. The minimum atomic E-state index is -0.451. The van der Waals surface area contributed by atoms with Gasteiger partial charge in [0.25, 0.3) is 0 Å². The second-order valence-electron chi connectivity index (χ2n) is 8.91. The van der Waals surface area contributed by atoms with Crippen LogP contribution in [0.25, 0.3) is 0 Å². The molecule has 26 heavy (non-hydrogen) atoms. The van der Waals surface area contributed by atoms with Crippen LogP contribution in [0.2, 0.25) is 0 Å². The molecule has 2 heterocycles. The summed E-state index contributed by atoms with van der Waals surface area (Å²) in [6.07, 6.45) is 8.36. The monoisotopic (exact) mass is 360 g/mol. The third-order valence-electron chi connectivity index (χ3n) is 8.08. The number of amides is 2. The largest absolute Gasteiger partial charge is 0.336 e. The summed E-state index contributed by atoms with van der Waals surface area (Å²) in [5.74, 6) is 0.981. The normalized spacial score (nSPS) is 41.1. The van der Waals surface area contributed by atoms with Crippen molar-refractivity contribution in [3.8, 4) is 0 Å². The van der Waals surface area contributed by atoms with Crippen molar-refractivity contribution in [3.05, 3.63) is 0 Å². The number of carbonyl (C=O) groups is 3. The van der Waals surface area contributed by atoms with E-state index in [0.29, 0.717) is 18.8 Å². The molecule has 2 aliphatic carbocycles. The quantitative estimate of drug-likeness (QED) is 0.777. The van der Waals surface area contributed by atoms with E-state index in [1.807, 2.05) is 4.90 Å². The summed E-state index contributed by atoms with van der Waals surface area (Å²) in [7, 11) is 0. The minimum absolute atomic E-state index is 0.144. The fourth-order valence-corrected chi connectivity index (χ4v) is 7.01. The Labute approximate surface area is 156 Å². The Hall–Kier alpha value is -1.39. The molecular weight excluding hydrogens is 328 g/mol. The van der Waals surface area contributed by atoms with Crippen LogP contribution < -0.4 is 0 Å². The van der Waals surface area contributed by atoms with Crippen LogP contribution in [0.4, 0.5) is 0 Å². The van der Waals surface area contributed by atoms with Crippen molar-refractivity contribution >= 4 is 17.6 Å². The third kappa shape index (κ3) is 2.18. The molecule has 5 nitrogen and oxygen atoms in total. The van der Waals surface area contributed by atoms with Crippen molar-refractivity contribution in [2.24, 2.45) is 11.3 Å². The summed E-state index contributed by atoms with van der Waals surface area (Å²) >= 11 is 0. The number of hydrogen-bond acceptors (Lipinski definition) is 3. The molecule has 0 aromatic rings. The maximum absolute atomic E-state index is 13.9. The van der Waals surface area contributed by atoms with Crippen molar-refractivity contribution in [3.63, 3.8) is 0 Å². The minimum Gasteiger partial charge on any atom is -0.336 e. The Kier molecular flexibility index (Phi) is 4.39. The number of carbonyl (C=O) groups excluding carboxylic acids is 3. The molecule has 0 bridgehead atoms. The van der Waals surface area contributed by atoms with Gasteiger partial charge in [-0.15, -0.1) is 0 Å². The van der Waals surface area contributed by atoms with Gasteiger partial charge in [-0.3, -0.25) is 14.4 Å². The first-order valence-electron chi connectivity index (χ1n) is 10.6. The smallest absolute Gasteiger partial charge is 0.223 e. The first-order valence-corrected chi connectivity index (χ1v) is 10.6. The van der Waals surface area contributed by atoms with Crippen LogP contribution >= 0.6 is 0 Å². The Morgan fingerprint density at radius 3 is 2.31 bits per heavy atom. The van der Waals surface area contributed by atoms with E-state index in [1.165, 1.54) is 0 Å². The van der Waals surface area contributed by atoms with Gasteiger partial charge in [0.05, 0.1) is 17.0 Å². The molecule has 144 valence electrons. The van der Waals surface area contributed by atoms with E-state index in [4.69, 9.17) is 0 Å². The van der Waals surface area contributed by atoms with Crippen LogP contribution in [0.15, 0.2) is 0 Å². The van der Waals surface area contributed by atoms with Crippen LogP contribution in [0.1, 0.15) is 78.1 Å². The fourth-order valence-electron chi connectivity index (χ4n) is 7.01. The highest BCUT2D eigenvalue weighted by Crippen LogP contribution is 2.61. The molecule has 4 unspecified atom stereocenters. The van der Waals surface area contributed by atoms with Gasteiger partial charge in [0, 0.05) is 25.9 Å². The summed E-state index contributed by atoms with van der Waals surface area (Å²) in [6, 6.07) is -0.257. The molecule has 2 saturated carbocycles. The predicted molar refractivity (Wildman–Crippen MR) is 98.4 cm³/mol. The maximum atomic E-state index is 13.9. The molecule has 0 aromatic heterocycles. The van der Waals surface area contributed by atoms with Gasteiger partial charge in [-0.25, -0.2) is 0 Å². The Balaban J connectivity index is 1.75. The predicted octanol–water partition coefficient (Wildman–Crippen LogP) is 2.92. The molecule has 0 N–H and O–H groups in total. The lowest BCUT2D eigenvalue weighted by atomic mass is 9.58. The van der Waals surface area contributed by atoms with Gasteiger partial charge in [0.15, 0.2) is 5.78 Å². The number of hydrogen-bond donors (Lipinski definition) is 0. The third-order valence-corrected chi connectivity index (χ3v) is 8.08. The topological polar surface area (TPSA) is 57.7 Å². The van der Waals surface area contributed by atoms with Gasteiger partial charge >= 0.3 is 0 Å². The number of rotatable bonds is 3. The van der Waals surface area contributed by atoms with Crippen molar-refractivity contribution in [1.82, 2.24) is 9.80 Å². The molecule has 4 atom stereocenters. The second-order valence-corrected chi connectivity index (χ2v) is 8.91. The van der Waals surface area contributed by atoms with E-state index in [2.05, 4.69) is 18.7 Å². The molecule has 0 aromatic carbocycles. The summed E-state index contributed by atoms with van der Waals surface area (Å²) in [5.41, 5.74) is -0.800. The fraction of sp³-hybridized carbons (Fsp3) is 0.857. The average molecular weight is 360 g/mol. The van der Waals surface area contributed by atoms with Gasteiger partial charge in [-0.05, 0) is 57.3 Å². The molecule has 0 radical (unpaired) electrons. The van der Waals surface area contributed by atoms with Crippen molar-refractivity contribution in [2.75, 3.05) is 13.1 Å². The van der Waals surface area contributed by atoms with Gasteiger partial charge in [0.2, 0.25) is 11.8 Å². The van der Waals surface area contributed by atoms with Gasteiger partial charge < -0.3 is 9.80 Å². The molecule has 5 heteroatoms. The standard InChI is InChI=1S/C21H32N2O3/c1-3-21(23-14-6-9-18(23)25)15(2)10-12-20(21)11-4-7-16(19(20)26)22-13-5-8-17(22)24/h15-16H,3-14H2,1-2H3. The van der Waals surface area contributed by atoms with E-state index < -0.39 is 5.41 Å². The van der Waals surface area contributed by atoms with Crippen LogP contribution in [-0.4, -0.2) is 52.1 Å². The van der Waals surface area contributed by atoms with Crippen LogP contribution in [0, 0.1) is 11.3 Å². The highest BCUT2D eigenvalue weighted by Gasteiger charge is 2.67. The van der Waals surface area contributed by atoms with Crippen LogP contribution in [-0.2, 0) is 14.4 Å². The lowest BCUT2D eigenvalue weighted by Gasteiger charge is -2.55. The molecule has 4 rings (SSSR count).